The van der Waals surface area contributed by atoms with Crippen LogP contribution in [0.25, 0.3) is 11.3 Å². The van der Waals surface area contributed by atoms with E-state index in [0.717, 1.165) is 68.8 Å². The van der Waals surface area contributed by atoms with Crippen LogP contribution in [-0.4, -0.2) is 60.7 Å². The highest BCUT2D eigenvalue weighted by Gasteiger charge is 2.20. The second kappa shape index (κ2) is 8.30. The van der Waals surface area contributed by atoms with Crippen molar-refractivity contribution in [1.82, 2.24) is 14.9 Å². The van der Waals surface area contributed by atoms with E-state index in [1.165, 1.54) is 0 Å². The molecule has 0 aliphatic carbocycles. The molecule has 134 valence electrons. The van der Waals surface area contributed by atoms with Gasteiger partial charge in [0, 0.05) is 50.9 Å². The Hall–Kier alpha value is -2.14. The number of aromatic nitrogens is 2. The van der Waals surface area contributed by atoms with E-state index in [4.69, 9.17) is 9.97 Å². The van der Waals surface area contributed by atoms with Gasteiger partial charge in [-0.05, 0) is 20.4 Å². The number of rotatable bonds is 6. The minimum Gasteiger partial charge on any atom is -0.357 e. The van der Waals surface area contributed by atoms with Gasteiger partial charge in [-0.1, -0.05) is 37.3 Å². The lowest BCUT2D eigenvalue weighted by Gasteiger charge is -2.34. The summed E-state index contributed by atoms with van der Waals surface area (Å²) in [4.78, 5) is 16.9. The van der Waals surface area contributed by atoms with Crippen LogP contribution in [0.3, 0.4) is 0 Å². The van der Waals surface area contributed by atoms with Crippen molar-refractivity contribution >= 4 is 11.8 Å². The van der Waals surface area contributed by atoms with Crippen LogP contribution >= 0.6 is 0 Å². The predicted molar refractivity (Wildman–Crippen MR) is 105 cm³/mol. The third-order valence-corrected chi connectivity index (χ3v) is 4.96. The van der Waals surface area contributed by atoms with Crippen LogP contribution < -0.4 is 9.80 Å². The molecule has 1 fully saturated rings. The van der Waals surface area contributed by atoms with Crippen molar-refractivity contribution in [2.45, 2.75) is 20.8 Å². The van der Waals surface area contributed by atoms with Crippen molar-refractivity contribution in [1.29, 1.82) is 0 Å². The van der Waals surface area contributed by atoms with Crippen LogP contribution in [-0.2, 0) is 0 Å². The number of nitrogens with zero attached hydrogens (tertiary/aromatic N) is 5. The normalized spacial score (nSPS) is 15.4. The first kappa shape index (κ1) is 17.7. The van der Waals surface area contributed by atoms with E-state index in [9.17, 15) is 0 Å². The summed E-state index contributed by atoms with van der Waals surface area (Å²) in [6.07, 6.45) is 0. The zero-order valence-corrected chi connectivity index (χ0v) is 15.6. The number of hydrogen-bond donors (Lipinski definition) is 0. The molecule has 0 atom stereocenters. The first-order chi connectivity index (χ1) is 12.2. The molecule has 2 heterocycles. The molecule has 0 spiro atoms. The molecule has 25 heavy (non-hydrogen) atoms. The third kappa shape index (κ3) is 4.10. The maximum absolute atomic E-state index is 4.90. The zero-order chi connectivity index (χ0) is 17.6. The fraction of sp³-hybridized carbons (Fsp3) is 0.500. The Morgan fingerprint density at radius 1 is 0.920 bits per heavy atom. The highest BCUT2D eigenvalue weighted by atomic mass is 15.3. The van der Waals surface area contributed by atoms with E-state index in [-0.39, 0.29) is 0 Å². The second-order valence-corrected chi connectivity index (χ2v) is 6.37. The molecule has 1 saturated heterocycles. The Morgan fingerprint density at radius 2 is 1.60 bits per heavy atom. The van der Waals surface area contributed by atoms with Crippen LogP contribution in [0.2, 0.25) is 0 Å². The molecule has 0 saturated carbocycles. The van der Waals surface area contributed by atoms with Gasteiger partial charge in [-0.3, -0.25) is 0 Å². The molecule has 0 amide bonds. The van der Waals surface area contributed by atoms with Gasteiger partial charge in [0.15, 0.2) is 0 Å². The predicted octanol–water partition coefficient (Wildman–Crippen LogP) is 3.13. The molecule has 0 radical (unpaired) electrons. The van der Waals surface area contributed by atoms with Crippen molar-refractivity contribution in [3.05, 3.63) is 36.4 Å². The molecule has 0 N–H and O–H groups in total. The molecule has 1 aliphatic heterocycles. The standard InChI is InChI=1S/C20H29N5/c1-4-23-12-14-25(15-13-23)20-21-18(17-10-8-7-9-11-17)16-19(22-20)24(5-2)6-3/h7-11,16H,4-6,12-15H2,1-3H3. The quantitative estimate of drug-likeness (QED) is 0.808. The Bertz CT molecular complexity index is 661. The monoisotopic (exact) mass is 339 g/mol. The smallest absolute Gasteiger partial charge is 0.227 e. The van der Waals surface area contributed by atoms with Gasteiger partial charge < -0.3 is 14.7 Å². The summed E-state index contributed by atoms with van der Waals surface area (Å²) in [5, 5.41) is 0. The number of benzene rings is 1. The van der Waals surface area contributed by atoms with Crippen LogP contribution in [0.15, 0.2) is 36.4 Å². The van der Waals surface area contributed by atoms with Crippen LogP contribution in [0.5, 0.6) is 0 Å². The highest BCUT2D eigenvalue weighted by molar-refractivity contribution is 5.65. The number of anilines is 2. The van der Waals surface area contributed by atoms with E-state index >= 15 is 0 Å². The highest BCUT2D eigenvalue weighted by Crippen LogP contribution is 2.25. The average molecular weight is 339 g/mol. The number of hydrogen-bond acceptors (Lipinski definition) is 5. The van der Waals surface area contributed by atoms with Crippen molar-refractivity contribution in [3.63, 3.8) is 0 Å². The molecular formula is C20H29N5. The molecular weight excluding hydrogens is 310 g/mol. The first-order valence-electron chi connectivity index (χ1n) is 9.41. The van der Waals surface area contributed by atoms with E-state index in [1.807, 2.05) is 6.07 Å². The Kier molecular flexibility index (Phi) is 5.87. The van der Waals surface area contributed by atoms with Gasteiger partial charge in [0.2, 0.25) is 5.95 Å². The molecule has 5 nitrogen and oxygen atoms in total. The lowest BCUT2D eigenvalue weighted by Crippen LogP contribution is -2.46. The summed E-state index contributed by atoms with van der Waals surface area (Å²) < 4.78 is 0. The fourth-order valence-corrected chi connectivity index (χ4v) is 3.29. The summed E-state index contributed by atoms with van der Waals surface area (Å²) in [6, 6.07) is 12.5. The van der Waals surface area contributed by atoms with E-state index in [0.29, 0.717) is 0 Å². The van der Waals surface area contributed by atoms with Gasteiger partial charge in [-0.15, -0.1) is 0 Å². The molecule has 0 bridgehead atoms. The van der Waals surface area contributed by atoms with Crippen LogP contribution in [0.4, 0.5) is 11.8 Å². The first-order valence-corrected chi connectivity index (χ1v) is 9.41. The van der Waals surface area contributed by atoms with Gasteiger partial charge in [0.1, 0.15) is 5.82 Å². The SMILES string of the molecule is CCN1CCN(c2nc(-c3ccccc3)cc(N(CC)CC)n2)CC1. The van der Waals surface area contributed by atoms with Crippen LogP contribution in [0, 0.1) is 0 Å². The third-order valence-electron chi connectivity index (χ3n) is 4.96. The fourth-order valence-electron chi connectivity index (χ4n) is 3.29. The molecule has 5 heteroatoms. The molecule has 1 aromatic heterocycles. The zero-order valence-electron chi connectivity index (χ0n) is 15.6. The van der Waals surface area contributed by atoms with E-state index in [2.05, 4.69) is 65.8 Å². The van der Waals surface area contributed by atoms with Gasteiger partial charge in [-0.25, -0.2) is 4.98 Å². The van der Waals surface area contributed by atoms with Gasteiger partial charge >= 0.3 is 0 Å². The second-order valence-electron chi connectivity index (χ2n) is 6.37. The maximum atomic E-state index is 4.90. The van der Waals surface area contributed by atoms with Crippen molar-refractivity contribution < 1.29 is 0 Å². The summed E-state index contributed by atoms with van der Waals surface area (Å²) in [5.41, 5.74) is 2.15. The van der Waals surface area contributed by atoms with Gasteiger partial charge in [0.05, 0.1) is 5.69 Å². The maximum Gasteiger partial charge on any atom is 0.227 e. The molecule has 3 rings (SSSR count). The molecule has 1 aromatic carbocycles. The minimum atomic E-state index is 0.860. The Morgan fingerprint density at radius 3 is 2.20 bits per heavy atom. The van der Waals surface area contributed by atoms with Crippen molar-refractivity contribution in [2.75, 3.05) is 55.6 Å². The molecule has 0 unspecified atom stereocenters. The molecule has 2 aromatic rings. The Labute approximate surface area is 151 Å². The topological polar surface area (TPSA) is 35.5 Å². The minimum absolute atomic E-state index is 0.860. The summed E-state index contributed by atoms with van der Waals surface area (Å²) in [7, 11) is 0. The van der Waals surface area contributed by atoms with Gasteiger partial charge in [0.25, 0.3) is 0 Å². The lowest BCUT2D eigenvalue weighted by molar-refractivity contribution is 0.270. The van der Waals surface area contributed by atoms with Crippen molar-refractivity contribution in [3.8, 4) is 11.3 Å². The van der Waals surface area contributed by atoms with E-state index in [1.54, 1.807) is 0 Å². The number of likely N-dealkylation sites (N-methyl/N-ethyl adjacent to an activating group) is 1. The Balaban J connectivity index is 1.95. The average Bonchev–Trinajstić information content (AvgIpc) is 2.69. The van der Waals surface area contributed by atoms with Crippen molar-refractivity contribution in [2.24, 2.45) is 0 Å². The lowest BCUT2D eigenvalue weighted by atomic mass is 10.1. The van der Waals surface area contributed by atoms with Gasteiger partial charge in [-0.2, -0.15) is 4.98 Å². The van der Waals surface area contributed by atoms with Crippen LogP contribution in [0.1, 0.15) is 20.8 Å². The van der Waals surface area contributed by atoms with E-state index < -0.39 is 0 Å². The summed E-state index contributed by atoms with van der Waals surface area (Å²) in [6.45, 7) is 13.7. The largest absolute Gasteiger partial charge is 0.357 e. The summed E-state index contributed by atoms with van der Waals surface area (Å²) in [5.74, 6) is 1.88. The summed E-state index contributed by atoms with van der Waals surface area (Å²) >= 11 is 0. The molecule has 1 aliphatic rings. The number of piperazine rings is 1.